The minimum atomic E-state index is -0.386. The molecule has 2 aliphatic heterocycles. The first-order valence-electron chi connectivity index (χ1n) is 6.28. The van der Waals surface area contributed by atoms with Crippen LogP contribution in [0.3, 0.4) is 0 Å². The van der Waals surface area contributed by atoms with Crippen LogP contribution in [0.4, 0.5) is 4.39 Å². The molecule has 0 saturated carbocycles. The predicted octanol–water partition coefficient (Wildman–Crippen LogP) is 2.73. The van der Waals surface area contributed by atoms with Gasteiger partial charge in [-0.05, 0) is 31.9 Å². The standard InChI is InChI=1S/C14H15FO3/c1-8-2-5-12(17-8)14-7-11(16)10-4-3-9(15)6-13(10)18-14/h3-4,6,8,12,14H,2,5,7H2,1H3. The molecule has 1 aromatic rings. The smallest absolute Gasteiger partial charge is 0.170 e. The Morgan fingerprint density at radius 1 is 1.28 bits per heavy atom. The average Bonchev–Trinajstić information content (AvgIpc) is 2.75. The van der Waals surface area contributed by atoms with Crippen molar-refractivity contribution in [2.24, 2.45) is 0 Å². The zero-order valence-corrected chi connectivity index (χ0v) is 10.2. The minimum Gasteiger partial charge on any atom is -0.486 e. The molecule has 0 aliphatic carbocycles. The van der Waals surface area contributed by atoms with Crippen molar-refractivity contribution < 1.29 is 18.7 Å². The van der Waals surface area contributed by atoms with Gasteiger partial charge in [-0.25, -0.2) is 4.39 Å². The van der Waals surface area contributed by atoms with Crippen molar-refractivity contribution in [3.05, 3.63) is 29.6 Å². The largest absolute Gasteiger partial charge is 0.486 e. The van der Waals surface area contributed by atoms with Crippen LogP contribution in [0.5, 0.6) is 5.75 Å². The number of fused-ring (bicyclic) bond motifs is 1. The molecular weight excluding hydrogens is 235 g/mol. The van der Waals surface area contributed by atoms with Gasteiger partial charge in [0.1, 0.15) is 17.7 Å². The zero-order valence-electron chi connectivity index (χ0n) is 10.2. The third-order valence-electron chi connectivity index (χ3n) is 3.59. The summed E-state index contributed by atoms with van der Waals surface area (Å²) in [5, 5.41) is 0. The van der Waals surface area contributed by atoms with Crippen molar-refractivity contribution >= 4 is 5.78 Å². The lowest BCUT2D eigenvalue weighted by Crippen LogP contribution is -2.37. The van der Waals surface area contributed by atoms with Crippen molar-refractivity contribution in [3.8, 4) is 5.75 Å². The molecule has 18 heavy (non-hydrogen) atoms. The zero-order chi connectivity index (χ0) is 12.7. The summed E-state index contributed by atoms with van der Waals surface area (Å²) in [6.45, 7) is 2.01. The van der Waals surface area contributed by atoms with Crippen LogP contribution in [0.1, 0.15) is 36.5 Å². The van der Waals surface area contributed by atoms with Crippen molar-refractivity contribution in [2.45, 2.75) is 44.5 Å². The Bertz CT molecular complexity index is 486. The first kappa shape index (κ1) is 11.7. The molecule has 0 aromatic heterocycles. The van der Waals surface area contributed by atoms with Crippen LogP contribution in [0, 0.1) is 5.82 Å². The van der Waals surface area contributed by atoms with Crippen LogP contribution in [0.25, 0.3) is 0 Å². The number of halogens is 1. The van der Waals surface area contributed by atoms with Crippen LogP contribution in [0.15, 0.2) is 18.2 Å². The van der Waals surface area contributed by atoms with Gasteiger partial charge < -0.3 is 9.47 Å². The maximum Gasteiger partial charge on any atom is 0.170 e. The van der Waals surface area contributed by atoms with Gasteiger partial charge in [-0.15, -0.1) is 0 Å². The van der Waals surface area contributed by atoms with E-state index in [0.717, 1.165) is 12.8 Å². The molecular formula is C14H15FO3. The van der Waals surface area contributed by atoms with Gasteiger partial charge in [-0.1, -0.05) is 0 Å². The number of hydrogen-bond donors (Lipinski definition) is 0. The number of hydrogen-bond acceptors (Lipinski definition) is 3. The Kier molecular flexibility index (Phi) is 2.82. The molecule has 0 spiro atoms. The number of rotatable bonds is 1. The van der Waals surface area contributed by atoms with Gasteiger partial charge in [-0.3, -0.25) is 4.79 Å². The number of carbonyl (C=O) groups is 1. The van der Waals surface area contributed by atoms with Crippen LogP contribution in [0.2, 0.25) is 0 Å². The van der Waals surface area contributed by atoms with Gasteiger partial charge in [0.2, 0.25) is 0 Å². The molecule has 4 heteroatoms. The summed E-state index contributed by atoms with van der Waals surface area (Å²) in [5.74, 6) is -0.0354. The summed E-state index contributed by atoms with van der Waals surface area (Å²) in [6, 6.07) is 4.05. The van der Waals surface area contributed by atoms with Gasteiger partial charge >= 0.3 is 0 Å². The molecule has 0 amide bonds. The van der Waals surface area contributed by atoms with Gasteiger partial charge in [-0.2, -0.15) is 0 Å². The second kappa shape index (κ2) is 4.35. The first-order valence-corrected chi connectivity index (χ1v) is 6.28. The minimum absolute atomic E-state index is 0.00408. The van der Waals surface area contributed by atoms with Crippen molar-refractivity contribution in [3.63, 3.8) is 0 Å². The van der Waals surface area contributed by atoms with E-state index in [4.69, 9.17) is 9.47 Å². The fourth-order valence-electron chi connectivity index (χ4n) is 2.64. The number of ether oxygens (including phenoxy) is 2. The molecule has 1 aromatic carbocycles. The summed E-state index contributed by atoms with van der Waals surface area (Å²) in [6.07, 6.45) is 2.06. The van der Waals surface area contributed by atoms with Crippen LogP contribution < -0.4 is 4.74 Å². The lowest BCUT2D eigenvalue weighted by atomic mass is 9.96. The molecule has 3 unspecified atom stereocenters. The molecule has 0 radical (unpaired) electrons. The first-order chi connectivity index (χ1) is 8.63. The van der Waals surface area contributed by atoms with E-state index in [2.05, 4.69) is 0 Å². The van der Waals surface area contributed by atoms with Crippen LogP contribution in [-0.4, -0.2) is 24.1 Å². The Balaban J connectivity index is 1.84. The summed E-state index contributed by atoms with van der Waals surface area (Å²) < 4.78 is 24.6. The summed E-state index contributed by atoms with van der Waals surface area (Å²) in [5.41, 5.74) is 0.471. The molecule has 0 bridgehead atoms. The number of carbonyl (C=O) groups excluding carboxylic acids is 1. The highest BCUT2D eigenvalue weighted by Gasteiger charge is 2.36. The maximum atomic E-state index is 13.2. The Morgan fingerprint density at radius 2 is 2.11 bits per heavy atom. The third kappa shape index (κ3) is 2.01. The molecule has 2 heterocycles. The molecule has 3 rings (SSSR count). The molecule has 0 N–H and O–H groups in total. The van der Waals surface area contributed by atoms with Gasteiger partial charge in [0.25, 0.3) is 0 Å². The third-order valence-corrected chi connectivity index (χ3v) is 3.59. The van der Waals surface area contributed by atoms with Gasteiger partial charge in [0.15, 0.2) is 5.78 Å². The fraction of sp³-hybridized carbons (Fsp3) is 0.500. The normalized spacial score (nSPS) is 31.0. The molecule has 1 saturated heterocycles. The van der Waals surface area contributed by atoms with Crippen LogP contribution >= 0.6 is 0 Å². The van der Waals surface area contributed by atoms with Gasteiger partial charge in [0.05, 0.1) is 24.2 Å². The number of benzene rings is 1. The maximum absolute atomic E-state index is 13.2. The Labute approximate surface area is 105 Å². The SMILES string of the molecule is CC1CCC(C2CC(=O)c3ccc(F)cc3O2)O1. The topological polar surface area (TPSA) is 35.5 Å². The van der Waals surface area contributed by atoms with E-state index >= 15 is 0 Å². The highest BCUT2D eigenvalue weighted by molar-refractivity contribution is 5.99. The Hall–Kier alpha value is -1.42. The van der Waals surface area contributed by atoms with Gasteiger partial charge in [0, 0.05) is 6.07 Å². The monoisotopic (exact) mass is 250 g/mol. The second-order valence-corrected chi connectivity index (χ2v) is 4.99. The molecule has 1 fully saturated rings. The molecule has 2 aliphatic rings. The predicted molar refractivity (Wildman–Crippen MR) is 63.3 cm³/mol. The summed E-state index contributed by atoms with van der Waals surface area (Å²) in [4.78, 5) is 12.0. The highest BCUT2D eigenvalue weighted by atomic mass is 19.1. The van der Waals surface area contributed by atoms with E-state index in [1.54, 1.807) is 0 Å². The van der Waals surface area contributed by atoms with Crippen molar-refractivity contribution in [2.75, 3.05) is 0 Å². The fourth-order valence-corrected chi connectivity index (χ4v) is 2.64. The summed E-state index contributed by atoms with van der Waals surface area (Å²) >= 11 is 0. The summed E-state index contributed by atoms with van der Waals surface area (Å²) in [7, 11) is 0. The van der Waals surface area contributed by atoms with E-state index in [9.17, 15) is 9.18 Å². The van der Waals surface area contributed by atoms with Crippen molar-refractivity contribution in [1.82, 2.24) is 0 Å². The molecule has 96 valence electrons. The molecule has 3 nitrogen and oxygen atoms in total. The highest BCUT2D eigenvalue weighted by Crippen LogP contribution is 2.33. The number of ketones is 1. The van der Waals surface area contributed by atoms with Crippen molar-refractivity contribution in [1.29, 1.82) is 0 Å². The van der Waals surface area contributed by atoms with Crippen LogP contribution in [-0.2, 0) is 4.74 Å². The van der Waals surface area contributed by atoms with E-state index in [-0.39, 0.29) is 29.9 Å². The lowest BCUT2D eigenvalue weighted by molar-refractivity contribution is -0.0215. The quantitative estimate of drug-likeness (QED) is 0.768. The lowest BCUT2D eigenvalue weighted by Gasteiger charge is -2.29. The van der Waals surface area contributed by atoms with E-state index < -0.39 is 0 Å². The van der Waals surface area contributed by atoms with E-state index in [1.165, 1.54) is 18.2 Å². The number of Topliss-reactive ketones (excluding diaryl/α,β-unsaturated/α-hetero) is 1. The second-order valence-electron chi connectivity index (χ2n) is 4.99. The van der Waals surface area contributed by atoms with E-state index in [1.807, 2.05) is 6.92 Å². The molecule has 3 atom stereocenters. The van der Waals surface area contributed by atoms with E-state index in [0.29, 0.717) is 17.7 Å². The average molecular weight is 250 g/mol. The Morgan fingerprint density at radius 3 is 2.83 bits per heavy atom.